The molecule has 6 unspecified atom stereocenters. The van der Waals surface area contributed by atoms with Gasteiger partial charge in [-0.25, -0.2) is 0 Å². The largest absolute Gasteiger partial charge is 0.493 e. The molecule has 5 rings (SSSR count). The third kappa shape index (κ3) is 3.69. The molecule has 6 atom stereocenters. The van der Waals surface area contributed by atoms with E-state index in [0.717, 1.165) is 56.1 Å². The number of fused-ring (bicyclic) bond motifs is 5. The molecular formula is C28H34F2O4. The maximum atomic E-state index is 13.6. The quantitative estimate of drug-likeness (QED) is 0.420. The van der Waals surface area contributed by atoms with Crippen LogP contribution in [-0.4, -0.2) is 30.7 Å². The smallest absolute Gasteiger partial charge is 0.387 e. The lowest BCUT2D eigenvalue weighted by atomic mass is 9.48. The minimum Gasteiger partial charge on any atom is -0.493 e. The molecule has 1 N–H and O–H groups in total. The highest BCUT2D eigenvalue weighted by Crippen LogP contribution is 2.64. The number of aliphatic hydroxyl groups is 1. The molecule has 6 heteroatoms. The molecule has 4 aliphatic carbocycles. The Kier molecular flexibility index (Phi) is 5.86. The molecule has 0 amide bonds. The lowest BCUT2D eigenvalue weighted by molar-refractivity contribution is -0.130. The third-order valence-corrected chi connectivity index (χ3v) is 9.46. The van der Waals surface area contributed by atoms with Crippen molar-refractivity contribution in [3.8, 4) is 11.5 Å². The van der Waals surface area contributed by atoms with E-state index in [1.54, 1.807) is 12.1 Å². The van der Waals surface area contributed by atoms with Gasteiger partial charge >= 0.3 is 6.61 Å². The predicted molar refractivity (Wildman–Crippen MR) is 126 cm³/mol. The molecule has 0 radical (unpaired) electrons. The van der Waals surface area contributed by atoms with Gasteiger partial charge in [-0.15, -0.1) is 0 Å². The van der Waals surface area contributed by atoms with Gasteiger partial charge in [-0.1, -0.05) is 31.6 Å². The predicted octanol–water partition coefficient (Wildman–Crippen LogP) is 6.18. The van der Waals surface area contributed by atoms with E-state index in [0.29, 0.717) is 17.8 Å². The number of hydrogen-bond donors (Lipinski definition) is 1. The zero-order valence-corrected chi connectivity index (χ0v) is 20.2. The van der Waals surface area contributed by atoms with Crippen molar-refractivity contribution in [1.82, 2.24) is 0 Å². The van der Waals surface area contributed by atoms with Crippen LogP contribution in [0.25, 0.3) is 6.08 Å². The summed E-state index contributed by atoms with van der Waals surface area (Å²) >= 11 is 0. The molecule has 3 fully saturated rings. The molecule has 1 aromatic rings. The van der Waals surface area contributed by atoms with Crippen LogP contribution in [0.5, 0.6) is 11.5 Å². The van der Waals surface area contributed by atoms with Gasteiger partial charge in [0.25, 0.3) is 0 Å². The van der Waals surface area contributed by atoms with E-state index in [-0.39, 0.29) is 34.2 Å². The number of aliphatic hydroxyl groups excluding tert-OH is 1. The topological polar surface area (TPSA) is 55.8 Å². The van der Waals surface area contributed by atoms with Crippen molar-refractivity contribution >= 4 is 11.9 Å². The Balaban J connectivity index is 1.43. The van der Waals surface area contributed by atoms with Gasteiger partial charge < -0.3 is 14.6 Å². The Bertz CT molecular complexity index is 1050. The zero-order chi connectivity index (χ0) is 24.3. The van der Waals surface area contributed by atoms with Crippen LogP contribution in [0.4, 0.5) is 8.78 Å². The monoisotopic (exact) mass is 472 g/mol. The molecule has 34 heavy (non-hydrogen) atoms. The molecule has 0 saturated heterocycles. The highest BCUT2D eigenvalue weighted by atomic mass is 19.3. The summed E-state index contributed by atoms with van der Waals surface area (Å²) in [6.07, 6.45) is 10.4. The number of carbonyl (C=O) groups excluding carboxylic acids is 1. The van der Waals surface area contributed by atoms with E-state index < -0.39 is 6.61 Å². The highest BCUT2D eigenvalue weighted by Gasteiger charge is 2.59. The Morgan fingerprint density at radius 2 is 1.85 bits per heavy atom. The van der Waals surface area contributed by atoms with Crippen LogP contribution in [0.1, 0.15) is 64.4 Å². The number of Topliss-reactive ketones (excluding diaryl/α,β-unsaturated/α-hetero) is 1. The number of methoxy groups -OCH3 is 1. The summed E-state index contributed by atoms with van der Waals surface area (Å²) in [7, 11) is 1.41. The first-order valence-electron chi connectivity index (χ1n) is 12.4. The van der Waals surface area contributed by atoms with Crippen molar-refractivity contribution in [3.05, 3.63) is 41.0 Å². The van der Waals surface area contributed by atoms with Crippen LogP contribution < -0.4 is 9.47 Å². The summed E-state index contributed by atoms with van der Waals surface area (Å²) in [4.78, 5) is 13.6. The van der Waals surface area contributed by atoms with Crippen LogP contribution >= 0.6 is 0 Å². The summed E-state index contributed by atoms with van der Waals surface area (Å²) in [5, 5.41) is 10.2. The van der Waals surface area contributed by atoms with Crippen LogP contribution in [0.15, 0.2) is 35.4 Å². The summed E-state index contributed by atoms with van der Waals surface area (Å²) < 4.78 is 35.1. The molecule has 3 saturated carbocycles. The first kappa shape index (κ1) is 23.5. The van der Waals surface area contributed by atoms with Crippen LogP contribution in [-0.2, 0) is 4.79 Å². The lowest BCUT2D eigenvalue weighted by Crippen LogP contribution is -2.50. The van der Waals surface area contributed by atoms with Gasteiger partial charge in [-0.05, 0) is 97.5 Å². The second-order valence-corrected chi connectivity index (χ2v) is 11.1. The number of hydrogen-bond acceptors (Lipinski definition) is 4. The SMILES string of the molecule is COc1cc(/C=C2/CC3C4CC=C5CC(O)CCC5(C)C4CCC3(C)C2=O)ccc1OC(F)F. The van der Waals surface area contributed by atoms with Gasteiger partial charge in [-0.3, -0.25) is 4.79 Å². The van der Waals surface area contributed by atoms with Crippen LogP contribution in [0.3, 0.4) is 0 Å². The van der Waals surface area contributed by atoms with Gasteiger partial charge in [0.1, 0.15) is 0 Å². The fourth-order valence-corrected chi connectivity index (χ4v) is 7.61. The maximum absolute atomic E-state index is 13.6. The van der Waals surface area contributed by atoms with Gasteiger partial charge in [0.2, 0.25) is 0 Å². The molecule has 0 aliphatic heterocycles. The Morgan fingerprint density at radius 1 is 1.09 bits per heavy atom. The lowest BCUT2D eigenvalue weighted by Gasteiger charge is -2.56. The molecule has 0 bridgehead atoms. The number of rotatable bonds is 4. The van der Waals surface area contributed by atoms with Gasteiger partial charge in [0, 0.05) is 5.41 Å². The number of halogens is 2. The minimum absolute atomic E-state index is 0.0171. The van der Waals surface area contributed by atoms with E-state index in [4.69, 9.17) is 4.74 Å². The Hall–Kier alpha value is -2.21. The first-order chi connectivity index (χ1) is 16.2. The zero-order valence-electron chi connectivity index (χ0n) is 20.2. The van der Waals surface area contributed by atoms with Gasteiger partial charge in [-0.2, -0.15) is 8.78 Å². The number of ether oxygens (including phenoxy) is 2. The summed E-state index contributed by atoms with van der Waals surface area (Å²) in [6.45, 7) is 1.60. The van der Waals surface area contributed by atoms with E-state index >= 15 is 0 Å². The average molecular weight is 473 g/mol. The molecule has 4 aliphatic rings. The molecule has 0 aromatic heterocycles. The summed E-state index contributed by atoms with van der Waals surface area (Å²) in [5.41, 5.74) is 2.77. The van der Waals surface area contributed by atoms with Crippen molar-refractivity contribution in [3.63, 3.8) is 0 Å². The molecular weight excluding hydrogens is 438 g/mol. The number of carbonyl (C=O) groups is 1. The van der Waals surface area contributed by atoms with E-state index in [1.807, 2.05) is 6.08 Å². The molecule has 4 nitrogen and oxygen atoms in total. The van der Waals surface area contributed by atoms with Crippen molar-refractivity contribution in [1.29, 1.82) is 0 Å². The Morgan fingerprint density at radius 3 is 2.59 bits per heavy atom. The number of benzene rings is 1. The van der Waals surface area contributed by atoms with Gasteiger partial charge in [0.05, 0.1) is 13.2 Å². The number of allylic oxidation sites excluding steroid dienone is 2. The fraction of sp³-hybridized carbons (Fsp3) is 0.607. The number of alkyl halides is 2. The van der Waals surface area contributed by atoms with Crippen molar-refractivity contribution in [2.75, 3.05) is 7.11 Å². The van der Waals surface area contributed by atoms with Crippen molar-refractivity contribution < 1.29 is 28.2 Å². The minimum atomic E-state index is -2.93. The maximum Gasteiger partial charge on any atom is 0.387 e. The standard InChI is InChI=1S/C28H34F2O4/c1-27-10-8-19(31)15-18(27)5-6-20-21(27)9-11-28(2)22(20)14-17(25(28)32)12-16-4-7-23(34-26(29)30)24(13-16)33-3/h4-5,7,12-13,19-22,26,31H,6,8-11,14-15H2,1-3H3/b17-12-. The second-order valence-electron chi connectivity index (χ2n) is 11.1. The van der Waals surface area contributed by atoms with E-state index in [1.165, 1.54) is 18.7 Å². The molecule has 0 heterocycles. The molecule has 1 aromatic carbocycles. The normalized spacial score (nSPS) is 38.3. The Labute approximate surface area is 200 Å². The summed E-state index contributed by atoms with van der Waals surface area (Å²) in [5.74, 6) is 1.75. The van der Waals surface area contributed by atoms with Crippen LogP contribution in [0.2, 0.25) is 0 Å². The number of ketones is 1. The van der Waals surface area contributed by atoms with E-state index in [2.05, 4.69) is 24.7 Å². The molecule has 0 spiro atoms. The second kappa shape index (κ2) is 8.47. The van der Waals surface area contributed by atoms with Crippen molar-refractivity contribution in [2.24, 2.45) is 28.6 Å². The van der Waals surface area contributed by atoms with Crippen LogP contribution in [0, 0.1) is 28.6 Å². The third-order valence-electron chi connectivity index (χ3n) is 9.46. The highest BCUT2D eigenvalue weighted by molar-refractivity contribution is 6.06. The average Bonchev–Trinajstić information content (AvgIpc) is 3.05. The van der Waals surface area contributed by atoms with E-state index in [9.17, 15) is 18.7 Å². The summed E-state index contributed by atoms with van der Waals surface area (Å²) in [6, 6.07) is 4.81. The molecule has 184 valence electrons. The van der Waals surface area contributed by atoms with Crippen molar-refractivity contribution in [2.45, 2.75) is 71.5 Å². The fourth-order valence-electron chi connectivity index (χ4n) is 7.61. The van der Waals surface area contributed by atoms with Gasteiger partial charge in [0.15, 0.2) is 17.3 Å². The first-order valence-corrected chi connectivity index (χ1v) is 12.4.